The number of hydrogen-bond acceptors (Lipinski definition) is 6. The fourth-order valence-electron chi connectivity index (χ4n) is 3.29. The number of nitrogens with zero attached hydrogens (tertiary/aromatic N) is 2. The quantitative estimate of drug-likeness (QED) is 0.264. The molecule has 0 bridgehead atoms. The first-order chi connectivity index (χ1) is 13.8. The van der Waals surface area contributed by atoms with Gasteiger partial charge in [-0.25, -0.2) is 0 Å². The van der Waals surface area contributed by atoms with Crippen LogP contribution in [0.2, 0.25) is 0 Å². The Kier molecular flexibility index (Phi) is 5.74. The zero-order valence-electron chi connectivity index (χ0n) is 16.0. The Balaban J connectivity index is 2.14. The maximum absolute atomic E-state index is 12.8. The van der Waals surface area contributed by atoms with E-state index in [1.165, 1.54) is 36.3 Å². The second-order valence-corrected chi connectivity index (χ2v) is 6.70. The molecule has 0 aliphatic carbocycles. The number of Topliss-reactive ketones (excluding diaryl/α,β-unsaturated/α-hetero) is 1. The van der Waals surface area contributed by atoms with Crippen molar-refractivity contribution in [3.63, 3.8) is 0 Å². The zero-order valence-corrected chi connectivity index (χ0v) is 16.0. The summed E-state index contributed by atoms with van der Waals surface area (Å²) in [5, 5.41) is 21.8. The lowest BCUT2D eigenvalue weighted by atomic mass is 9.95. The van der Waals surface area contributed by atoms with Gasteiger partial charge in [0.15, 0.2) is 0 Å². The van der Waals surface area contributed by atoms with Crippen LogP contribution in [0.3, 0.4) is 0 Å². The van der Waals surface area contributed by atoms with Crippen molar-refractivity contribution in [3.05, 3.63) is 80.9 Å². The molecular formula is C21H20N2O6. The summed E-state index contributed by atoms with van der Waals surface area (Å²) >= 11 is 0. The van der Waals surface area contributed by atoms with Crippen molar-refractivity contribution in [2.75, 3.05) is 20.3 Å². The van der Waals surface area contributed by atoms with Crippen LogP contribution < -0.4 is 0 Å². The maximum atomic E-state index is 12.8. The third kappa shape index (κ3) is 3.88. The van der Waals surface area contributed by atoms with Gasteiger partial charge in [0.2, 0.25) is 0 Å². The van der Waals surface area contributed by atoms with E-state index in [0.717, 1.165) is 5.56 Å². The number of aliphatic hydroxyl groups excluding tert-OH is 1. The highest BCUT2D eigenvalue weighted by Crippen LogP contribution is 2.39. The second-order valence-electron chi connectivity index (χ2n) is 6.70. The Morgan fingerprint density at radius 2 is 1.76 bits per heavy atom. The number of ether oxygens (including phenoxy) is 1. The fourth-order valence-corrected chi connectivity index (χ4v) is 3.29. The summed E-state index contributed by atoms with van der Waals surface area (Å²) in [5.74, 6) is -1.84. The van der Waals surface area contributed by atoms with Crippen molar-refractivity contribution >= 4 is 23.1 Å². The molecule has 29 heavy (non-hydrogen) atoms. The number of benzene rings is 2. The van der Waals surface area contributed by atoms with Gasteiger partial charge in [0.1, 0.15) is 5.76 Å². The van der Waals surface area contributed by atoms with Crippen LogP contribution in [-0.2, 0) is 14.3 Å². The van der Waals surface area contributed by atoms with E-state index >= 15 is 0 Å². The van der Waals surface area contributed by atoms with Crippen LogP contribution in [0.15, 0.2) is 54.1 Å². The van der Waals surface area contributed by atoms with Gasteiger partial charge in [-0.3, -0.25) is 19.7 Å². The number of carbonyl (C=O) groups is 2. The van der Waals surface area contributed by atoms with E-state index in [0.29, 0.717) is 11.1 Å². The van der Waals surface area contributed by atoms with Crippen LogP contribution in [0.1, 0.15) is 22.7 Å². The summed E-state index contributed by atoms with van der Waals surface area (Å²) in [6, 6.07) is 11.6. The molecule has 1 aliphatic rings. The van der Waals surface area contributed by atoms with Gasteiger partial charge in [0, 0.05) is 31.4 Å². The average Bonchev–Trinajstić information content (AvgIpc) is 2.97. The van der Waals surface area contributed by atoms with E-state index in [4.69, 9.17) is 4.74 Å². The zero-order chi connectivity index (χ0) is 21.1. The molecule has 0 aromatic heterocycles. The monoisotopic (exact) mass is 396 g/mol. The molecule has 1 fully saturated rings. The van der Waals surface area contributed by atoms with E-state index in [-0.39, 0.29) is 30.2 Å². The molecule has 8 nitrogen and oxygen atoms in total. The molecular weight excluding hydrogens is 376 g/mol. The van der Waals surface area contributed by atoms with Gasteiger partial charge in [0.05, 0.1) is 23.1 Å². The van der Waals surface area contributed by atoms with Crippen LogP contribution in [0, 0.1) is 17.0 Å². The fraction of sp³-hybridized carbons (Fsp3) is 0.238. The van der Waals surface area contributed by atoms with Crippen LogP contribution in [0.4, 0.5) is 5.69 Å². The molecule has 1 aliphatic heterocycles. The molecule has 150 valence electrons. The largest absolute Gasteiger partial charge is 0.507 e. The van der Waals surface area contributed by atoms with Gasteiger partial charge in [-0.1, -0.05) is 29.8 Å². The minimum atomic E-state index is -0.868. The molecule has 1 N–H and O–H groups in total. The molecule has 0 spiro atoms. The highest BCUT2D eigenvalue weighted by Gasteiger charge is 2.45. The van der Waals surface area contributed by atoms with E-state index in [1.54, 1.807) is 24.3 Å². The number of amides is 1. The van der Waals surface area contributed by atoms with Crippen molar-refractivity contribution in [1.29, 1.82) is 0 Å². The van der Waals surface area contributed by atoms with Crippen molar-refractivity contribution in [2.45, 2.75) is 13.0 Å². The average molecular weight is 396 g/mol. The topological polar surface area (TPSA) is 110 Å². The summed E-state index contributed by atoms with van der Waals surface area (Å²) in [6.07, 6.45) is 0. The second kappa shape index (κ2) is 8.24. The van der Waals surface area contributed by atoms with Gasteiger partial charge in [-0.15, -0.1) is 0 Å². The van der Waals surface area contributed by atoms with E-state index in [9.17, 15) is 24.8 Å². The van der Waals surface area contributed by atoms with Crippen LogP contribution in [0.25, 0.3) is 5.76 Å². The van der Waals surface area contributed by atoms with Gasteiger partial charge in [-0.2, -0.15) is 0 Å². The Morgan fingerprint density at radius 1 is 1.14 bits per heavy atom. The van der Waals surface area contributed by atoms with E-state index in [2.05, 4.69) is 0 Å². The predicted molar refractivity (Wildman–Crippen MR) is 105 cm³/mol. The maximum Gasteiger partial charge on any atom is 0.295 e. The molecule has 8 heteroatoms. The van der Waals surface area contributed by atoms with E-state index in [1.807, 2.05) is 6.92 Å². The number of ketones is 1. The van der Waals surface area contributed by atoms with E-state index < -0.39 is 22.7 Å². The Labute approximate surface area is 167 Å². The highest BCUT2D eigenvalue weighted by molar-refractivity contribution is 6.46. The smallest absolute Gasteiger partial charge is 0.295 e. The molecule has 1 saturated heterocycles. The van der Waals surface area contributed by atoms with Crippen LogP contribution in [0.5, 0.6) is 0 Å². The first-order valence-electron chi connectivity index (χ1n) is 8.94. The molecule has 3 rings (SSSR count). The lowest BCUT2D eigenvalue weighted by molar-refractivity contribution is -0.384. The Hall–Kier alpha value is -3.52. The van der Waals surface area contributed by atoms with Crippen LogP contribution in [-0.4, -0.2) is 46.9 Å². The number of methoxy groups -OCH3 is 1. The lowest BCUT2D eigenvalue weighted by Crippen LogP contribution is -2.32. The van der Waals surface area contributed by atoms with Crippen molar-refractivity contribution < 1.29 is 24.4 Å². The number of nitro groups is 1. The summed E-state index contributed by atoms with van der Waals surface area (Å²) in [7, 11) is 1.48. The number of rotatable bonds is 6. The SMILES string of the molecule is COCCN1C(=O)C(=O)/C(=C(/O)c2ccc(C)cc2)C1c1ccc([N+](=O)[O-])cc1. The summed E-state index contributed by atoms with van der Waals surface area (Å²) < 4.78 is 5.04. The third-order valence-electron chi connectivity index (χ3n) is 4.82. The summed E-state index contributed by atoms with van der Waals surface area (Å²) in [4.78, 5) is 37.1. The van der Waals surface area contributed by atoms with Gasteiger partial charge in [0.25, 0.3) is 17.4 Å². The number of non-ortho nitro benzene ring substituents is 1. The molecule has 0 radical (unpaired) electrons. The summed E-state index contributed by atoms with van der Waals surface area (Å²) in [6.45, 7) is 2.22. The van der Waals surface area contributed by atoms with Gasteiger partial charge in [-0.05, 0) is 24.6 Å². The van der Waals surface area contributed by atoms with Crippen LogP contribution >= 0.6 is 0 Å². The highest BCUT2D eigenvalue weighted by atomic mass is 16.6. The van der Waals surface area contributed by atoms with Crippen molar-refractivity contribution in [1.82, 2.24) is 4.90 Å². The van der Waals surface area contributed by atoms with Gasteiger partial charge >= 0.3 is 0 Å². The predicted octanol–water partition coefficient (Wildman–Crippen LogP) is 2.97. The number of hydrogen-bond donors (Lipinski definition) is 1. The van der Waals surface area contributed by atoms with Crippen molar-refractivity contribution in [3.8, 4) is 0 Å². The molecule has 1 amide bonds. The molecule has 1 heterocycles. The third-order valence-corrected chi connectivity index (χ3v) is 4.82. The summed E-state index contributed by atoms with van der Waals surface area (Å²) in [5.41, 5.74) is 1.71. The first-order valence-corrected chi connectivity index (χ1v) is 8.94. The minimum absolute atomic E-state index is 0.0520. The number of aliphatic hydroxyl groups is 1. The number of nitro benzene ring substituents is 1. The number of aryl methyl sites for hydroxylation is 1. The molecule has 2 aromatic rings. The van der Waals surface area contributed by atoms with Gasteiger partial charge < -0.3 is 14.7 Å². The molecule has 0 saturated carbocycles. The normalized spacial score (nSPS) is 18.3. The minimum Gasteiger partial charge on any atom is -0.507 e. The Morgan fingerprint density at radius 3 is 2.31 bits per heavy atom. The molecule has 1 atom stereocenters. The molecule has 1 unspecified atom stereocenters. The van der Waals surface area contributed by atoms with Crippen molar-refractivity contribution in [2.24, 2.45) is 0 Å². The Bertz CT molecular complexity index is 979. The molecule has 2 aromatic carbocycles. The first kappa shape index (κ1) is 20.2. The number of likely N-dealkylation sites (tertiary alicyclic amines) is 1. The number of carbonyl (C=O) groups excluding carboxylic acids is 2. The lowest BCUT2D eigenvalue weighted by Gasteiger charge is -2.25. The standard InChI is InChI=1S/C21H20N2O6/c1-13-3-5-15(6-4-13)19(24)17-18(14-7-9-16(10-8-14)23(27)28)22(11-12-29-2)21(26)20(17)25/h3-10,18,24H,11-12H2,1-2H3/b19-17+.